The molecule has 2 aliphatic rings. The molecule has 0 N–H and O–H groups in total. The molecule has 2 fully saturated rings. The number of hydrogen-bond donors (Lipinski definition) is 0. The number of morpholine rings is 1. The SMILES string of the molecule is CC(C)(C)C1COCCN1C1CC1. The second-order valence-electron chi connectivity index (χ2n) is 5.43. The van der Waals surface area contributed by atoms with Crippen LogP contribution < -0.4 is 0 Å². The lowest BCUT2D eigenvalue weighted by Gasteiger charge is -2.43. The second kappa shape index (κ2) is 3.25. The minimum Gasteiger partial charge on any atom is -0.378 e. The number of nitrogens with zero attached hydrogens (tertiary/aromatic N) is 1. The fourth-order valence-corrected chi connectivity index (χ4v) is 2.21. The zero-order valence-corrected chi connectivity index (χ0v) is 9.05. The minimum atomic E-state index is 0.364. The fourth-order valence-electron chi connectivity index (χ4n) is 2.21. The van der Waals surface area contributed by atoms with Crippen molar-refractivity contribution in [3.8, 4) is 0 Å². The highest BCUT2D eigenvalue weighted by Gasteiger charge is 2.40. The molecule has 76 valence electrons. The molecule has 2 rings (SSSR count). The first-order chi connectivity index (χ1) is 6.09. The molecule has 0 amide bonds. The Morgan fingerprint density at radius 2 is 1.92 bits per heavy atom. The Labute approximate surface area is 81.3 Å². The minimum absolute atomic E-state index is 0.364. The Morgan fingerprint density at radius 3 is 2.46 bits per heavy atom. The highest BCUT2D eigenvalue weighted by Crippen LogP contribution is 2.35. The fraction of sp³-hybridized carbons (Fsp3) is 1.00. The third kappa shape index (κ3) is 2.05. The molecule has 13 heavy (non-hydrogen) atoms. The van der Waals surface area contributed by atoms with E-state index in [1.807, 2.05) is 0 Å². The third-order valence-corrected chi connectivity index (χ3v) is 3.19. The zero-order valence-electron chi connectivity index (χ0n) is 9.05. The summed E-state index contributed by atoms with van der Waals surface area (Å²) in [6, 6.07) is 1.52. The van der Waals surface area contributed by atoms with Crippen LogP contribution in [0.25, 0.3) is 0 Å². The van der Waals surface area contributed by atoms with Gasteiger partial charge in [0.15, 0.2) is 0 Å². The van der Waals surface area contributed by atoms with Crippen LogP contribution in [0.3, 0.4) is 0 Å². The molecule has 0 aromatic heterocycles. The molecule has 0 bridgehead atoms. The molecule has 1 heterocycles. The zero-order chi connectivity index (χ0) is 9.47. The van der Waals surface area contributed by atoms with Crippen LogP contribution in [0.4, 0.5) is 0 Å². The van der Waals surface area contributed by atoms with Crippen molar-refractivity contribution < 1.29 is 4.74 Å². The van der Waals surface area contributed by atoms with Crippen LogP contribution in [-0.4, -0.2) is 36.7 Å². The molecule has 1 aliphatic heterocycles. The Morgan fingerprint density at radius 1 is 1.23 bits per heavy atom. The average Bonchev–Trinajstić information content (AvgIpc) is 2.85. The van der Waals surface area contributed by atoms with Crippen LogP contribution in [0.15, 0.2) is 0 Å². The van der Waals surface area contributed by atoms with Crippen LogP contribution >= 0.6 is 0 Å². The van der Waals surface area contributed by atoms with Crippen LogP contribution in [0.5, 0.6) is 0 Å². The number of hydrogen-bond acceptors (Lipinski definition) is 2. The van der Waals surface area contributed by atoms with Crippen molar-refractivity contribution in [2.24, 2.45) is 5.41 Å². The molecule has 1 atom stereocenters. The summed E-state index contributed by atoms with van der Waals surface area (Å²) in [5, 5.41) is 0. The molecule has 1 saturated heterocycles. The summed E-state index contributed by atoms with van der Waals surface area (Å²) in [5.74, 6) is 0. The van der Waals surface area contributed by atoms with Crippen LogP contribution in [0, 0.1) is 5.41 Å². The highest BCUT2D eigenvalue weighted by atomic mass is 16.5. The van der Waals surface area contributed by atoms with E-state index in [0.29, 0.717) is 11.5 Å². The van der Waals surface area contributed by atoms with Gasteiger partial charge in [0.1, 0.15) is 0 Å². The van der Waals surface area contributed by atoms with Crippen molar-refractivity contribution in [2.75, 3.05) is 19.8 Å². The molecule has 0 aromatic carbocycles. The van der Waals surface area contributed by atoms with Crippen molar-refractivity contribution in [2.45, 2.75) is 45.7 Å². The third-order valence-electron chi connectivity index (χ3n) is 3.19. The first kappa shape index (κ1) is 9.47. The van der Waals surface area contributed by atoms with Crippen molar-refractivity contribution in [3.63, 3.8) is 0 Å². The predicted molar refractivity (Wildman–Crippen MR) is 53.8 cm³/mol. The molecule has 0 aromatic rings. The van der Waals surface area contributed by atoms with Crippen molar-refractivity contribution in [1.29, 1.82) is 0 Å². The van der Waals surface area contributed by atoms with Crippen LogP contribution in [0.2, 0.25) is 0 Å². The van der Waals surface area contributed by atoms with E-state index in [-0.39, 0.29) is 0 Å². The summed E-state index contributed by atoms with van der Waals surface area (Å²) in [4.78, 5) is 2.67. The first-order valence-corrected chi connectivity index (χ1v) is 5.42. The van der Waals surface area contributed by atoms with Crippen molar-refractivity contribution >= 4 is 0 Å². The lowest BCUT2D eigenvalue weighted by molar-refractivity contribution is -0.0521. The molecule has 1 saturated carbocycles. The standard InChI is InChI=1S/C11H21NO/c1-11(2,3)10-8-13-7-6-12(10)9-4-5-9/h9-10H,4-8H2,1-3H3. The van der Waals surface area contributed by atoms with Crippen LogP contribution in [-0.2, 0) is 4.74 Å². The molecular formula is C11H21NO. The Hall–Kier alpha value is -0.0800. The van der Waals surface area contributed by atoms with Gasteiger partial charge in [0.2, 0.25) is 0 Å². The molecule has 1 aliphatic carbocycles. The van der Waals surface area contributed by atoms with E-state index in [1.165, 1.54) is 12.8 Å². The van der Waals surface area contributed by atoms with E-state index in [0.717, 1.165) is 25.8 Å². The largest absolute Gasteiger partial charge is 0.378 e. The Kier molecular flexibility index (Phi) is 2.37. The molecule has 1 unspecified atom stereocenters. The topological polar surface area (TPSA) is 12.5 Å². The summed E-state index contributed by atoms with van der Waals surface area (Å²) >= 11 is 0. The molecule has 2 heteroatoms. The van der Waals surface area contributed by atoms with E-state index in [1.54, 1.807) is 0 Å². The maximum Gasteiger partial charge on any atom is 0.0627 e. The van der Waals surface area contributed by atoms with Gasteiger partial charge >= 0.3 is 0 Å². The van der Waals surface area contributed by atoms with Gasteiger partial charge in [-0.1, -0.05) is 20.8 Å². The van der Waals surface area contributed by atoms with E-state index in [4.69, 9.17) is 4.74 Å². The molecule has 2 nitrogen and oxygen atoms in total. The lowest BCUT2D eigenvalue weighted by atomic mass is 9.85. The maximum absolute atomic E-state index is 5.58. The number of rotatable bonds is 1. The smallest absolute Gasteiger partial charge is 0.0627 e. The lowest BCUT2D eigenvalue weighted by Crippen LogP contribution is -2.52. The molecule has 0 radical (unpaired) electrons. The van der Waals surface area contributed by atoms with Crippen LogP contribution in [0.1, 0.15) is 33.6 Å². The second-order valence-corrected chi connectivity index (χ2v) is 5.43. The van der Waals surface area contributed by atoms with Gasteiger partial charge in [-0.05, 0) is 18.3 Å². The molecular weight excluding hydrogens is 162 g/mol. The summed E-state index contributed by atoms with van der Waals surface area (Å²) in [6.07, 6.45) is 2.82. The predicted octanol–water partition coefficient (Wildman–Crippen LogP) is 1.90. The van der Waals surface area contributed by atoms with Gasteiger partial charge in [0.25, 0.3) is 0 Å². The van der Waals surface area contributed by atoms with E-state index >= 15 is 0 Å². The number of ether oxygens (including phenoxy) is 1. The summed E-state index contributed by atoms with van der Waals surface area (Å²) in [7, 11) is 0. The quantitative estimate of drug-likeness (QED) is 0.615. The highest BCUT2D eigenvalue weighted by molar-refractivity contribution is 4.94. The first-order valence-electron chi connectivity index (χ1n) is 5.42. The molecule has 0 spiro atoms. The van der Waals surface area contributed by atoms with E-state index in [9.17, 15) is 0 Å². The Bertz CT molecular complexity index is 181. The van der Waals surface area contributed by atoms with Gasteiger partial charge in [0.05, 0.1) is 13.2 Å². The van der Waals surface area contributed by atoms with Gasteiger partial charge in [-0.25, -0.2) is 0 Å². The summed E-state index contributed by atoms with van der Waals surface area (Å²) in [5.41, 5.74) is 0.364. The van der Waals surface area contributed by atoms with Gasteiger partial charge < -0.3 is 4.74 Å². The normalized spacial score (nSPS) is 32.1. The van der Waals surface area contributed by atoms with Gasteiger partial charge in [-0.15, -0.1) is 0 Å². The maximum atomic E-state index is 5.58. The van der Waals surface area contributed by atoms with E-state index in [2.05, 4.69) is 25.7 Å². The van der Waals surface area contributed by atoms with Crippen molar-refractivity contribution in [3.05, 3.63) is 0 Å². The Balaban J connectivity index is 2.03. The monoisotopic (exact) mass is 183 g/mol. The van der Waals surface area contributed by atoms with E-state index < -0.39 is 0 Å². The summed E-state index contributed by atoms with van der Waals surface area (Å²) in [6.45, 7) is 9.97. The van der Waals surface area contributed by atoms with Gasteiger partial charge in [-0.3, -0.25) is 4.90 Å². The summed E-state index contributed by atoms with van der Waals surface area (Å²) < 4.78 is 5.58. The van der Waals surface area contributed by atoms with Crippen molar-refractivity contribution in [1.82, 2.24) is 4.90 Å². The average molecular weight is 183 g/mol. The van der Waals surface area contributed by atoms with Gasteiger partial charge in [0, 0.05) is 18.6 Å². The van der Waals surface area contributed by atoms with Gasteiger partial charge in [-0.2, -0.15) is 0 Å².